The van der Waals surface area contributed by atoms with Crippen LogP contribution < -0.4 is 10.5 Å². The van der Waals surface area contributed by atoms with Crippen molar-refractivity contribution < 1.29 is 27.5 Å². The molecule has 0 unspecified atom stereocenters. The first kappa shape index (κ1) is 28.2. The predicted molar refractivity (Wildman–Crippen MR) is 149 cm³/mol. The number of carbonyl (C=O) groups is 2. The first-order chi connectivity index (χ1) is 18.6. The zero-order valence-corrected chi connectivity index (χ0v) is 23.6. The molecule has 0 fully saturated rings. The number of rotatable bonds is 8. The van der Waals surface area contributed by atoms with Crippen molar-refractivity contribution in [2.24, 2.45) is 5.14 Å². The van der Waals surface area contributed by atoms with E-state index in [9.17, 15) is 18.0 Å². The summed E-state index contributed by atoms with van der Waals surface area (Å²) in [6.45, 7) is 7.30. The van der Waals surface area contributed by atoms with Gasteiger partial charge in [-0.25, -0.2) is 28.1 Å². The van der Waals surface area contributed by atoms with Crippen molar-refractivity contribution in [1.82, 2.24) is 10.3 Å². The van der Waals surface area contributed by atoms with Crippen LogP contribution in [0.2, 0.25) is 0 Å². The Morgan fingerprint density at radius 2 is 1.46 bits per heavy atom. The fourth-order valence-electron chi connectivity index (χ4n) is 4.65. The second-order valence-electron chi connectivity index (χ2n) is 8.74. The van der Waals surface area contributed by atoms with E-state index in [0.29, 0.717) is 49.9 Å². The fourth-order valence-corrected chi connectivity index (χ4v) is 6.27. The number of sulfonamides is 1. The Balaban J connectivity index is 1.91. The van der Waals surface area contributed by atoms with Crippen molar-refractivity contribution in [2.75, 3.05) is 13.2 Å². The minimum Gasteiger partial charge on any atom is -0.463 e. The normalized spacial score (nSPS) is 14.3. The summed E-state index contributed by atoms with van der Waals surface area (Å²) in [5.74, 6) is -1.87. The molecule has 0 saturated heterocycles. The summed E-state index contributed by atoms with van der Waals surface area (Å²) in [5, 5.41) is 10.9. The van der Waals surface area contributed by atoms with E-state index in [2.05, 4.69) is 5.32 Å². The highest BCUT2D eigenvalue weighted by Crippen LogP contribution is 2.44. The van der Waals surface area contributed by atoms with Gasteiger partial charge in [0.2, 0.25) is 10.0 Å². The molecule has 0 spiro atoms. The average Bonchev–Trinajstić information content (AvgIpc) is 3.38. The maximum absolute atomic E-state index is 13.2. The number of ether oxygens (including phenoxy) is 2. The number of nitrogens with zero attached hydrogens (tertiary/aromatic N) is 1. The molecule has 1 aliphatic rings. The third-order valence-electron chi connectivity index (χ3n) is 6.23. The highest BCUT2D eigenvalue weighted by molar-refractivity contribution is 7.89. The van der Waals surface area contributed by atoms with Crippen LogP contribution in [-0.4, -0.2) is 38.6 Å². The summed E-state index contributed by atoms with van der Waals surface area (Å²) in [6, 6.07) is 13.7. The molecule has 0 atom stereocenters. The number of thiazole rings is 1. The van der Waals surface area contributed by atoms with Gasteiger partial charge >= 0.3 is 11.9 Å². The molecule has 4 rings (SSSR count). The molecule has 0 saturated carbocycles. The molecule has 204 valence electrons. The Morgan fingerprint density at radius 3 is 2.03 bits per heavy atom. The molecule has 3 aromatic rings. The number of benzene rings is 2. The van der Waals surface area contributed by atoms with Crippen LogP contribution in [0.15, 0.2) is 81.3 Å². The van der Waals surface area contributed by atoms with Crippen LogP contribution in [0.25, 0.3) is 21.8 Å². The van der Waals surface area contributed by atoms with Crippen LogP contribution in [0.3, 0.4) is 0 Å². The lowest BCUT2D eigenvalue weighted by Crippen LogP contribution is -2.32. The SMILES string of the molecule is CCOC(=O)C1=C(C)NC(C)=C(C(=O)OCC)C1c1ccccc1-c1nc(-c2ccccc2S(N)(=O)=O)cs1. The Bertz CT molecular complexity index is 1560. The van der Waals surface area contributed by atoms with Crippen LogP contribution in [0, 0.1) is 0 Å². The first-order valence-corrected chi connectivity index (χ1v) is 14.7. The molecule has 1 aromatic heterocycles. The molecule has 0 aliphatic carbocycles. The zero-order chi connectivity index (χ0) is 28.3. The fraction of sp³-hybridized carbons (Fsp3) is 0.250. The third kappa shape index (κ3) is 5.65. The van der Waals surface area contributed by atoms with Crippen molar-refractivity contribution in [3.8, 4) is 21.8 Å². The van der Waals surface area contributed by atoms with Gasteiger partial charge in [-0.15, -0.1) is 11.3 Å². The third-order valence-corrected chi connectivity index (χ3v) is 8.07. The van der Waals surface area contributed by atoms with Crippen LogP contribution in [0.1, 0.15) is 39.2 Å². The van der Waals surface area contributed by atoms with Gasteiger partial charge in [0.15, 0.2) is 0 Å². The van der Waals surface area contributed by atoms with E-state index in [1.807, 2.05) is 24.3 Å². The summed E-state index contributed by atoms with van der Waals surface area (Å²) in [6.07, 6.45) is 0. The van der Waals surface area contributed by atoms with Gasteiger partial charge in [0.25, 0.3) is 0 Å². The number of dihydropyridines is 1. The maximum atomic E-state index is 13.2. The molecule has 0 bridgehead atoms. The van der Waals surface area contributed by atoms with Gasteiger partial charge in [0, 0.05) is 27.9 Å². The number of aromatic nitrogens is 1. The minimum atomic E-state index is -3.98. The van der Waals surface area contributed by atoms with Crippen molar-refractivity contribution in [2.45, 2.75) is 38.5 Å². The van der Waals surface area contributed by atoms with Crippen LogP contribution >= 0.6 is 11.3 Å². The molecule has 39 heavy (non-hydrogen) atoms. The molecular formula is C28H29N3O6S2. The summed E-state index contributed by atoms with van der Waals surface area (Å²) < 4.78 is 35.1. The molecule has 0 radical (unpaired) electrons. The average molecular weight is 568 g/mol. The molecule has 9 nitrogen and oxygen atoms in total. The second-order valence-corrected chi connectivity index (χ2v) is 11.1. The lowest BCUT2D eigenvalue weighted by atomic mass is 9.78. The van der Waals surface area contributed by atoms with Gasteiger partial charge in [-0.3, -0.25) is 0 Å². The van der Waals surface area contributed by atoms with Gasteiger partial charge in [-0.1, -0.05) is 42.5 Å². The van der Waals surface area contributed by atoms with Crippen molar-refractivity contribution in [3.63, 3.8) is 0 Å². The van der Waals surface area contributed by atoms with Gasteiger partial charge in [0.05, 0.1) is 40.9 Å². The largest absolute Gasteiger partial charge is 0.463 e. The van der Waals surface area contributed by atoms with E-state index in [-0.39, 0.29) is 18.1 Å². The second kappa shape index (κ2) is 11.5. The number of nitrogens with one attached hydrogen (secondary N) is 1. The maximum Gasteiger partial charge on any atom is 0.336 e. The van der Waals surface area contributed by atoms with Crippen molar-refractivity contribution >= 4 is 33.3 Å². The van der Waals surface area contributed by atoms with E-state index >= 15 is 0 Å². The Kier molecular flexibility index (Phi) is 8.34. The number of hydrogen-bond donors (Lipinski definition) is 2. The number of nitrogens with two attached hydrogens (primary N) is 1. The zero-order valence-electron chi connectivity index (χ0n) is 22.0. The number of allylic oxidation sites excluding steroid dienone is 2. The Labute approximate surface area is 231 Å². The summed E-state index contributed by atoms with van der Waals surface area (Å²) >= 11 is 1.31. The smallest absolute Gasteiger partial charge is 0.336 e. The molecular weight excluding hydrogens is 538 g/mol. The highest BCUT2D eigenvalue weighted by Gasteiger charge is 2.39. The van der Waals surface area contributed by atoms with Gasteiger partial charge in [0.1, 0.15) is 5.01 Å². The molecule has 3 N–H and O–H groups in total. The monoisotopic (exact) mass is 567 g/mol. The van der Waals surface area contributed by atoms with Crippen LogP contribution in [-0.2, 0) is 29.1 Å². The molecule has 1 aliphatic heterocycles. The molecule has 11 heteroatoms. The summed E-state index contributed by atoms with van der Waals surface area (Å²) in [4.78, 5) is 31.2. The van der Waals surface area contributed by atoms with Crippen molar-refractivity contribution in [1.29, 1.82) is 0 Å². The lowest BCUT2D eigenvalue weighted by Gasteiger charge is -2.31. The molecule has 2 heterocycles. The minimum absolute atomic E-state index is 0.0280. The first-order valence-electron chi connectivity index (χ1n) is 12.3. The molecule has 2 aromatic carbocycles. The number of esters is 2. The quantitative estimate of drug-likeness (QED) is 0.380. The van der Waals surface area contributed by atoms with E-state index in [4.69, 9.17) is 19.6 Å². The topological polar surface area (TPSA) is 138 Å². The number of carbonyl (C=O) groups excluding carboxylic acids is 2. The summed E-state index contributed by atoms with van der Waals surface area (Å²) in [7, 11) is -3.98. The highest BCUT2D eigenvalue weighted by atomic mass is 32.2. The van der Waals surface area contributed by atoms with E-state index < -0.39 is 27.9 Å². The Morgan fingerprint density at radius 1 is 0.923 bits per heavy atom. The van der Waals surface area contributed by atoms with Gasteiger partial charge in [-0.2, -0.15) is 0 Å². The summed E-state index contributed by atoms with van der Waals surface area (Å²) in [5.41, 5.74) is 3.90. The van der Waals surface area contributed by atoms with Crippen molar-refractivity contribution in [3.05, 3.63) is 82.0 Å². The Hall–Kier alpha value is -3.80. The van der Waals surface area contributed by atoms with Crippen LogP contribution in [0.4, 0.5) is 0 Å². The van der Waals surface area contributed by atoms with Gasteiger partial charge in [-0.05, 0) is 39.3 Å². The lowest BCUT2D eigenvalue weighted by molar-refractivity contribution is -0.139. The van der Waals surface area contributed by atoms with E-state index in [1.165, 1.54) is 17.4 Å². The standard InChI is InChI=1S/C28H29N3O6S2/c1-5-36-27(32)23-16(3)30-17(4)24(28(33)37-6-2)25(23)18-11-7-8-12-19(18)26-31-21(15-38-26)20-13-9-10-14-22(20)39(29,34)35/h7-15,25,30H,5-6H2,1-4H3,(H2,29,34,35). The number of hydrogen-bond acceptors (Lipinski definition) is 9. The number of primary sulfonamides is 1. The van der Waals surface area contributed by atoms with Gasteiger partial charge < -0.3 is 14.8 Å². The van der Waals surface area contributed by atoms with E-state index in [1.54, 1.807) is 51.3 Å². The molecule has 0 amide bonds. The predicted octanol–water partition coefficient (Wildman–Crippen LogP) is 4.49. The van der Waals surface area contributed by atoms with E-state index in [0.717, 1.165) is 0 Å². The van der Waals surface area contributed by atoms with Crippen LogP contribution in [0.5, 0.6) is 0 Å².